The highest BCUT2D eigenvalue weighted by Gasteiger charge is 2.66. The summed E-state index contributed by atoms with van der Waals surface area (Å²) in [6.07, 6.45) is 0. The third-order valence-electron chi connectivity index (χ3n) is 7.40. The molecule has 32 heavy (non-hydrogen) atoms. The Balaban J connectivity index is 1.50. The molecule has 2 amide bonds. The molecule has 158 valence electrons. The first kappa shape index (κ1) is 19.0. The maximum Gasteiger partial charge on any atom is 0.308 e. The molecule has 3 aromatic rings. The highest BCUT2D eigenvalue weighted by molar-refractivity contribution is 6.23. The second-order valence-electron chi connectivity index (χ2n) is 8.96. The van der Waals surface area contributed by atoms with Gasteiger partial charge in [0, 0.05) is 18.3 Å². The number of benzene rings is 3. The van der Waals surface area contributed by atoms with Crippen LogP contribution in [0.2, 0.25) is 0 Å². The van der Waals surface area contributed by atoms with E-state index in [4.69, 9.17) is 4.74 Å². The lowest BCUT2D eigenvalue weighted by Crippen LogP contribution is -2.51. The average Bonchev–Trinajstić information content (AvgIpc) is 3.06. The Hall–Kier alpha value is -3.73. The summed E-state index contributed by atoms with van der Waals surface area (Å²) >= 11 is 0. The van der Waals surface area contributed by atoms with Crippen molar-refractivity contribution < 1.29 is 19.1 Å². The van der Waals surface area contributed by atoms with Crippen LogP contribution in [0, 0.1) is 11.8 Å². The number of rotatable bonds is 2. The van der Waals surface area contributed by atoms with Gasteiger partial charge in [-0.15, -0.1) is 0 Å². The largest absolute Gasteiger partial charge is 0.427 e. The number of hydrogen-bond donors (Lipinski definition) is 0. The van der Waals surface area contributed by atoms with E-state index in [2.05, 4.69) is 31.2 Å². The summed E-state index contributed by atoms with van der Waals surface area (Å²) in [5.74, 6) is -1.42. The highest BCUT2D eigenvalue weighted by atomic mass is 16.5. The number of ether oxygens (including phenoxy) is 1. The predicted octanol–water partition coefficient (Wildman–Crippen LogP) is 4.18. The number of esters is 1. The number of amides is 2. The Morgan fingerprint density at radius 1 is 0.844 bits per heavy atom. The maximum absolute atomic E-state index is 13.8. The summed E-state index contributed by atoms with van der Waals surface area (Å²) < 4.78 is 5.10. The van der Waals surface area contributed by atoms with Gasteiger partial charge in [-0.25, -0.2) is 4.90 Å². The quantitative estimate of drug-likeness (QED) is 0.352. The van der Waals surface area contributed by atoms with Crippen LogP contribution in [0.4, 0.5) is 5.69 Å². The van der Waals surface area contributed by atoms with Gasteiger partial charge in [0.05, 0.1) is 17.5 Å². The van der Waals surface area contributed by atoms with Gasteiger partial charge in [0.15, 0.2) is 0 Å². The first-order valence-corrected chi connectivity index (χ1v) is 10.8. The van der Waals surface area contributed by atoms with Gasteiger partial charge in [0.1, 0.15) is 5.75 Å². The van der Waals surface area contributed by atoms with Crippen LogP contribution >= 0.6 is 0 Å². The average molecular weight is 423 g/mol. The van der Waals surface area contributed by atoms with Crippen LogP contribution in [-0.2, 0) is 19.8 Å². The summed E-state index contributed by atoms with van der Waals surface area (Å²) in [5, 5.41) is 0. The van der Waals surface area contributed by atoms with Crippen molar-refractivity contribution in [1.82, 2.24) is 0 Å². The third-order valence-corrected chi connectivity index (χ3v) is 7.40. The van der Waals surface area contributed by atoms with E-state index in [1.54, 1.807) is 24.3 Å². The summed E-state index contributed by atoms with van der Waals surface area (Å²) in [6.45, 7) is 3.44. The molecule has 0 saturated carbocycles. The van der Waals surface area contributed by atoms with Crippen LogP contribution in [0.5, 0.6) is 5.75 Å². The molecule has 2 bridgehead atoms. The van der Waals surface area contributed by atoms with Crippen molar-refractivity contribution in [3.63, 3.8) is 0 Å². The molecule has 0 unspecified atom stereocenters. The van der Waals surface area contributed by atoms with Crippen molar-refractivity contribution >= 4 is 23.5 Å². The minimum atomic E-state index is -0.578. The second kappa shape index (κ2) is 6.39. The van der Waals surface area contributed by atoms with Crippen LogP contribution in [0.25, 0.3) is 0 Å². The summed E-state index contributed by atoms with van der Waals surface area (Å²) in [6, 6.07) is 23.0. The monoisotopic (exact) mass is 423 g/mol. The molecule has 1 aliphatic heterocycles. The molecular formula is C27H21NO4. The molecule has 0 N–H and O–H groups in total. The van der Waals surface area contributed by atoms with Crippen molar-refractivity contribution in [1.29, 1.82) is 0 Å². The lowest BCUT2D eigenvalue weighted by molar-refractivity contribution is -0.132. The van der Waals surface area contributed by atoms with E-state index in [1.807, 2.05) is 24.3 Å². The van der Waals surface area contributed by atoms with E-state index < -0.39 is 23.2 Å². The van der Waals surface area contributed by atoms with Crippen molar-refractivity contribution in [3.8, 4) is 5.75 Å². The zero-order valence-corrected chi connectivity index (χ0v) is 17.7. The first-order chi connectivity index (χ1) is 15.4. The molecule has 0 spiro atoms. The molecular weight excluding hydrogens is 402 g/mol. The topological polar surface area (TPSA) is 63.7 Å². The Morgan fingerprint density at radius 3 is 1.97 bits per heavy atom. The molecule has 1 saturated heterocycles. The van der Waals surface area contributed by atoms with Crippen LogP contribution in [0.3, 0.4) is 0 Å². The number of carbonyl (C=O) groups is 3. The Bertz CT molecular complexity index is 1260. The fourth-order valence-electron chi connectivity index (χ4n) is 6.23. The third kappa shape index (κ3) is 2.25. The van der Waals surface area contributed by atoms with E-state index >= 15 is 0 Å². The summed E-state index contributed by atoms with van der Waals surface area (Å²) in [4.78, 5) is 40.2. The van der Waals surface area contributed by atoms with E-state index in [9.17, 15) is 14.4 Å². The standard InChI is InChI=1S/C27H21NO4/c1-15(29)32-17-13-11-16(12-14-17)28-25(30)23-22-18-7-3-5-9-20(18)27(2,24(23)26(28)31)21-10-6-4-8-19(21)22/h3-14,22-24H,1-2H3/t22?,23-,24+,27?/m0/s1. The van der Waals surface area contributed by atoms with E-state index in [0.717, 1.165) is 22.3 Å². The van der Waals surface area contributed by atoms with Gasteiger partial charge >= 0.3 is 5.97 Å². The first-order valence-electron chi connectivity index (χ1n) is 10.8. The summed E-state index contributed by atoms with van der Waals surface area (Å²) in [5.41, 5.74) is 4.48. The van der Waals surface area contributed by atoms with Crippen LogP contribution < -0.4 is 9.64 Å². The maximum atomic E-state index is 13.8. The van der Waals surface area contributed by atoms with Gasteiger partial charge in [-0.3, -0.25) is 14.4 Å². The van der Waals surface area contributed by atoms with Crippen molar-refractivity contribution in [3.05, 3.63) is 95.1 Å². The van der Waals surface area contributed by atoms with E-state index in [-0.39, 0.29) is 17.7 Å². The van der Waals surface area contributed by atoms with Gasteiger partial charge in [0.2, 0.25) is 11.8 Å². The molecule has 7 rings (SSSR count). The lowest BCUT2D eigenvalue weighted by atomic mass is 9.48. The fraction of sp³-hybridized carbons (Fsp3) is 0.222. The zero-order valence-electron chi connectivity index (χ0n) is 17.7. The van der Waals surface area contributed by atoms with Gasteiger partial charge in [-0.2, -0.15) is 0 Å². The Kier molecular flexibility index (Phi) is 3.79. The Morgan fingerprint density at radius 2 is 1.41 bits per heavy atom. The van der Waals surface area contributed by atoms with Gasteiger partial charge in [0.25, 0.3) is 0 Å². The number of nitrogens with zero attached hydrogens (tertiary/aromatic N) is 1. The number of carbonyl (C=O) groups excluding carboxylic acids is 3. The van der Waals surface area contributed by atoms with E-state index in [0.29, 0.717) is 11.4 Å². The molecule has 0 radical (unpaired) electrons. The molecule has 5 heteroatoms. The molecule has 1 fully saturated rings. The molecule has 0 aromatic heterocycles. The number of imide groups is 1. The van der Waals surface area contributed by atoms with Gasteiger partial charge in [-0.05, 0) is 46.5 Å². The zero-order chi connectivity index (χ0) is 22.2. The molecule has 4 aliphatic rings. The van der Waals surface area contributed by atoms with E-state index in [1.165, 1.54) is 11.8 Å². The smallest absolute Gasteiger partial charge is 0.308 e. The minimum Gasteiger partial charge on any atom is -0.427 e. The lowest BCUT2D eigenvalue weighted by Gasteiger charge is -2.52. The Labute approximate surface area is 185 Å². The predicted molar refractivity (Wildman–Crippen MR) is 118 cm³/mol. The van der Waals surface area contributed by atoms with Crippen LogP contribution in [-0.4, -0.2) is 17.8 Å². The summed E-state index contributed by atoms with van der Waals surface area (Å²) in [7, 11) is 0. The van der Waals surface area contributed by atoms with Gasteiger partial charge < -0.3 is 4.74 Å². The van der Waals surface area contributed by atoms with Crippen LogP contribution in [0.15, 0.2) is 72.8 Å². The molecule has 5 nitrogen and oxygen atoms in total. The highest BCUT2D eigenvalue weighted by Crippen LogP contribution is 2.64. The number of anilines is 1. The minimum absolute atomic E-state index is 0.143. The number of hydrogen-bond acceptors (Lipinski definition) is 4. The van der Waals surface area contributed by atoms with Crippen molar-refractivity contribution in [2.24, 2.45) is 11.8 Å². The molecule has 2 atom stereocenters. The van der Waals surface area contributed by atoms with Crippen molar-refractivity contribution in [2.75, 3.05) is 4.90 Å². The van der Waals surface area contributed by atoms with Crippen LogP contribution in [0.1, 0.15) is 42.0 Å². The second-order valence-corrected chi connectivity index (χ2v) is 8.96. The molecule has 3 aliphatic carbocycles. The van der Waals surface area contributed by atoms with Gasteiger partial charge in [-0.1, -0.05) is 55.5 Å². The van der Waals surface area contributed by atoms with Crippen molar-refractivity contribution in [2.45, 2.75) is 25.2 Å². The molecule has 1 heterocycles. The molecule has 3 aromatic carbocycles. The fourth-order valence-corrected chi connectivity index (χ4v) is 6.23. The normalized spacial score (nSPS) is 27.1. The SMILES string of the molecule is CC(=O)Oc1ccc(N2C(=O)[C@H]3C4c5ccccc5C(C)(c5ccccc54)[C@H]3C2=O)cc1.